The van der Waals surface area contributed by atoms with Gasteiger partial charge in [0.15, 0.2) is 0 Å². The topological polar surface area (TPSA) is 64.6 Å². The number of carbonyl (C=O) groups excluding carboxylic acids is 1. The number of ether oxygens (including phenoxy) is 2. The average molecular weight is 314 g/mol. The van der Waals surface area contributed by atoms with Gasteiger partial charge in [-0.2, -0.15) is 0 Å². The monoisotopic (exact) mass is 313 g/mol. The van der Waals surface area contributed by atoms with Crippen molar-refractivity contribution in [2.45, 2.75) is 26.4 Å². The van der Waals surface area contributed by atoms with Crippen LogP contribution in [-0.4, -0.2) is 53.2 Å². The lowest BCUT2D eigenvalue weighted by Crippen LogP contribution is -2.41. The molecule has 0 aliphatic carbocycles. The Morgan fingerprint density at radius 2 is 2.10 bits per heavy atom. The van der Waals surface area contributed by atoms with Gasteiger partial charge in [0.1, 0.15) is 6.10 Å². The molecule has 2 rings (SSSR count). The van der Waals surface area contributed by atoms with Crippen LogP contribution in [0.1, 0.15) is 20.3 Å². The summed E-state index contributed by atoms with van der Waals surface area (Å²) < 4.78 is 10.7. The maximum atomic E-state index is 12.3. The largest absolute Gasteiger partial charge is 0.480 e. The van der Waals surface area contributed by atoms with Crippen molar-refractivity contribution in [2.75, 3.05) is 26.1 Å². The van der Waals surface area contributed by atoms with Crippen molar-refractivity contribution in [3.05, 3.63) is 12.1 Å². The third-order valence-electron chi connectivity index (χ3n) is 3.46. The van der Waals surface area contributed by atoms with Crippen molar-refractivity contribution >= 4 is 17.5 Å². The lowest BCUT2D eigenvalue weighted by molar-refractivity contribution is -0.138. The van der Waals surface area contributed by atoms with E-state index in [0.717, 1.165) is 6.42 Å². The van der Waals surface area contributed by atoms with Crippen LogP contribution in [0.2, 0.25) is 0 Å². The summed E-state index contributed by atoms with van der Waals surface area (Å²) in [6.07, 6.45) is 0.709. The van der Waals surface area contributed by atoms with Crippen molar-refractivity contribution in [3.63, 3.8) is 0 Å². The first-order chi connectivity index (χ1) is 9.96. The fourth-order valence-electron chi connectivity index (χ4n) is 2.14. The Bertz CT molecular complexity index is 493. The molecule has 1 aliphatic rings. The van der Waals surface area contributed by atoms with E-state index in [-0.39, 0.29) is 12.0 Å². The second-order valence-electron chi connectivity index (χ2n) is 5.71. The van der Waals surface area contributed by atoms with Gasteiger partial charge < -0.3 is 14.4 Å². The molecule has 7 heteroatoms. The molecule has 0 radical (unpaired) electrons. The van der Waals surface area contributed by atoms with E-state index < -0.39 is 5.41 Å². The number of alkyl halides is 1. The van der Waals surface area contributed by atoms with Gasteiger partial charge in [-0.05, 0) is 13.8 Å². The minimum atomic E-state index is -0.545. The molecule has 1 saturated heterocycles. The fourth-order valence-corrected chi connectivity index (χ4v) is 2.26. The summed E-state index contributed by atoms with van der Waals surface area (Å²) in [6.45, 7) is 4.93. The molecule has 0 bridgehead atoms. The summed E-state index contributed by atoms with van der Waals surface area (Å²) in [6, 6.07) is 3.40. The van der Waals surface area contributed by atoms with Gasteiger partial charge in [0, 0.05) is 31.0 Å². The number of methoxy groups -OCH3 is 1. The highest BCUT2D eigenvalue weighted by atomic mass is 35.5. The molecule has 2 heterocycles. The van der Waals surface area contributed by atoms with Gasteiger partial charge in [-0.1, -0.05) is 0 Å². The van der Waals surface area contributed by atoms with Crippen molar-refractivity contribution < 1.29 is 14.3 Å². The van der Waals surface area contributed by atoms with Gasteiger partial charge in [-0.3, -0.25) is 4.79 Å². The van der Waals surface area contributed by atoms with E-state index >= 15 is 0 Å². The summed E-state index contributed by atoms with van der Waals surface area (Å²) >= 11 is 5.85. The zero-order chi connectivity index (χ0) is 15.5. The number of amides is 1. The van der Waals surface area contributed by atoms with Crippen LogP contribution < -0.4 is 9.47 Å². The molecule has 0 spiro atoms. The van der Waals surface area contributed by atoms with E-state index in [1.165, 1.54) is 7.11 Å². The Kier molecular flexibility index (Phi) is 4.88. The lowest BCUT2D eigenvalue weighted by Gasteiger charge is -2.27. The van der Waals surface area contributed by atoms with Crippen LogP contribution in [-0.2, 0) is 4.79 Å². The summed E-state index contributed by atoms with van der Waals surface area (Å²) in [5.74, 6) is 1.24. The van der Waals surface area contributed by atoms with Crippen LogP contribution in [0, 0.1) is 5.41 Å². The minimum absolute atomic E-state index is 0.0596. The normalized spacial score (nSPS) is 18.7. The number of nitrogens with zero attached hydrogens (tertiary/aromatic N) is 3. The van der Waals surface area contributed by atoms with Crippen molar-refractivity contribution in [2.24, 2.45) is 5.41 Å². The number of rotatable bonds is 5. The molecule has 21 heavy (non-hydrogen) atoms. The summed E-state index contributed by atoms with van der Waals surface area (Å²) in [7, 11) is 1.53. The number of likely N-dealkylation sites (tertiary alicyclic amines) is 1. The molecular weight excluding hydrogens is 294 g/mol. The third kappa shape index (κ3) is 3.75. The van der Waals surface area contributed by atoms with Gasteiger partial charge in [0.05, 0.1) is 19.1 Å². The van der Waals surface area contributed by atoms with Gasteiger partial charge in [-0.25, -0.2) is 0 Å². The number of aromatic nitrogens is 2. The Balaban J connectivity index is 1.91. The van der Waals surface area contributed by atoms with Crippen LogP contribution in [0.3, 0.4) is 0 Å². The van der Waals surface area contributed by atoms with E-state index in [1.807, 2.05) is 13.8 Å². The third-order valence-corrected chi connectivity index (χ3v) is 4.13. The molecule has 0 aromatic carbocycles. The van der Waals surface area contributed by atoms with E-state index in [0.29, 0.717) is 30.7 Å². The number of hydrogen-bond donors (Lipinski definition) is 0. The highest BCUT2D eigenvalue weighted by Gasteiger charge is 2.36. The van der Waals surface area contributed by atoms with Crippen LogP contribution in [0.5, 0.6) is 11.8 Å². The quantitative estimate of drug-likeness (QED) is 0.775. The molecule has 1 aromatic rings. The average Bonchev–Trinajstić information content (AvgIpc) is 2.95. The maximum Gasteiger partial charge on any atom is 0.233 e. The standard InChI is InChI=1S/C14H20ClN3O3/c1-14(2,9-15)13(19)18-7-6-10(8-18)21-12-5-4-11(20-3)16-17-12/h4-5,10H,6-9H2,1-3H3. The molecule has 1 aromatic heterocycles. The highest BCUT2D eigenvalue weighted by molar-refractivity contribution is 6.19. The van der Waals surface area contributed by atoms with Crippen LogP contribution in [0.25, 0.3) is 0 Å². The maximum absolute atomic E-state index is 12.3. The molecule has 1 atom stereocenters. The first-order valence-electron chi connectivity index (χ1n) is 6.86. The Labute approximate surface area is 129 Å². The van der Waals surface area contributed by atoms with E-state index in [4.69, 9.17) is 21.1 Å². The lowest BCUT2D eigenvalue weighted by atomic mass is 9.94. The molecule has 1 aliphatic heterocycles. The van der Waals surface area contributed by atoms with Crippen molar-refractivity contribution in [1.82, 2.24) is 15.1 Å². The van der Waals surface area contributed by atoms with Gasteiger partial charge >= 0.3 is 0 Å². The molecular formula is C14H20ClN3O3. The zero-order valence-corrected chi connectivity index (χ0v) is 13.3. The molecule has 0 saturated carbocycles. The van der Waals surface area contributed by atoms with Gasteiger partial charge in [0.25, 0.3) is 0 Å². The number of hydrogen-bond acceptors (Lipinski definition) is 5. The second kappa shape index (κ2) is 6.47. The molecule has 0 N–H and O–H groups in total. The molecule has 6 nitrogen and oxygen atoms in total. The summed E-state index contributed by atoms with van der Waals surface area (Å²) in [5, 5.41) is 7.78. The van der Waals surface area contributed by atoms with Crippen LogP contribution in [0.4, 0.5) is 0 Å². The fraction of sp³-hybridized carbons (Fsp3) is 0.643. The first-order valence-corrected chi connectivity index (χ1v) is 7.39. The highest BCUT2D eigenvalue weighted by Crippen LogP contribution is 2.25. The van der Waals surface area contributed by atoms with Crippen molar-refractivity contribution in [1.29, 1.82) is 0 Å². The number of halogens is 1. The Hall–Kier alpha value is -1.56. The zero-order valence-electron chi connectivity index (χ0n) is 12.5. The van der Waals surface area contributed by atoms with Gasteiger partial charge in [-0.15, -0.1) is 21.8 Å². The van der Waals surface area contributed by atoms with E-state index in [2.05, 4.69) is 10.2 Å². The van der Waals surface area contributed by atoms with E-state index in [1.54, 1.807) is 17.0 Å². The predicted molar refractivity (Wildman–Crippen MR) is 78.7 cm³/mol. The predicted octanol–water partition coefficient (Wildman–Crippen LogP) is 1.73. The van der Waals surface area contributed by atoms with Gasteiger partial charge in [0.2, 0.25) is 17.7 Å². The Morgan fingerprint density at radius 1 is 1.43 bits per heavy atom. The van der Waals surface area contributed by atoms with E-state index in [9.17, 15) is 4.79 Å². The molecule has 116 valence electrons. The van der Waals surface area contributed by atoms with Crippen LogP contribution in [0.15, 0.2) is 12.1 Å². The van der Waals surface area contributed by atoms with Crippen LogP contribution >= 0.6 is 11.6 Å². The number of carbonyl (C=O) groups is 1. The minimum Gasteiger partial charge on any atom is -0.480 e. The SMILES string of the molecule is COc1ccc(OC2CCN(C(=O)C(C)(C)CCl)C2)nn1. The Morgan fingerprint density at radius 3 is 2.67 bits per heavy atom. The molecule has 1 fully saturated rings. The molecule has 1 unspecified atom stereocenters. The summed E-state index contributed by atoms with van der Waals surface area (Å²) in [5.41, 5.74) is -0.545. The smallest absolute Gasteiger partial charge is 0.233 e. The van der Waals surface area contributed by atoms with Crippen molar-refractivity contribution in [3.8, 4) is 11.8 Å². The molecule has 1 amide bonds. The second-order valence-corrected chi connectivity index (χ2v) is 5.98. The first kappa shape index (κ1) is 15.8. The summed E-state index contributed by atoms with van der Waals surface area (Å²) in [4.78, 5) is 14.1.